The predicted molar refractivity (Wildman–Crippen MR) is 82.9 cm³/mol. The van der Waals surface area contributed by atoms with Gasteiger partial charge >= 0.3 is 0 Å². The first-order valence-electron chi connectivity index (χ1n) is 7.10. The van der Waals surface area contributed by atoms with Crippen LogP contribution in [0.25, 0.3) is 0 Å². The van der Waals surface area contributed by atoms with E-state index in [1.54, 1.807) is 0 Å². The molecule has 0 saturated carbocycles. The molecule has 0 radical (unpaired) electrons. The molecule has 1 rings (SSSR count). The number of Topliss-reactive ketones (excluding diaryl/α,β-unsaturated/α-hetero) is 1. The van der Waals surface area contributed by atoms with Crippen LogP contribution in [0.3, 0.4) is 0 Å². The van der Waals surface area contributed by atoms with Gasteiger partial charge in [-0.25, -0.2) is 0 Å². The van der Waals surface area contributed by atoms with E-state index in [2.05, 4.69) is 29.8 Å². The summed E-state index contributed by atoms with van der Waals surface area (Å²) in [4.78, 5) is 12.5. The molecule has 0 saturated heterocycles. The van der Waals surface area contributed by atoms with Gasteiger partial charge in [0.15, 0.2) is 5.78 Å². The number of benzene rings is 1. The lowest BCUT2D eigenvalue weighted by atomic mass is 9.90. The zero-order valence-electron chi connectivity index (χ0n) is 12.0. The lowest BCUT2D eigenvalue weighted by molar-refractivity contribution is 0.0905. The van der Waals surface area contributed by atoms with Gasteiger partial charge in [-0.15, -0.1) is 0 Å². The second-order valence-corrected chi connectivity index (χ2v) is 5.57. The van der Waals surface area contributed by atoms with Crippen LogP contribution in [0.4, 0.5) is 0 Å². The molecule has 0 amide bonds. The highest BCUT2D eigenvalue weighted by Gasteiger charge is 2.19. The van der Waals surface area contributed by atoms with Crippen LogP contribution in [0.5, 0.6) is 5.75 Å². The highest BCUT2D eigenvalue weighted by atomic mass is 79.9. The Morgan fingerprint density at radius 2 is 1.84 bits per heavy atom. The fourth-order valence-corrected chi connectivity index (χ4v) is 2.76. The van der Waals surface area contributed by atoms with E-state index in [1.165, 1.54) is 0 Å². The maximum Gasteiger partial charge on any atom is 0.165 e. The summed E-state index contributed by atoms with van der Waals surface area (Å²) in [6, 6.07) is 5.62. The molecule has 0 heterocycles. The molecule has 1 aromatic carbocycles. The fourth-order valence-electron chi connectivity index (χ4n) is 2.27. The van der Waals surface area contributed by atoms with Gasteiger partial charge < -0.3 is 4.74 Å². The Labute approximate surface area is 124 Å². The first-order valence-corrected chi connectivity index (χ1v) is 7.89. The molecule has 3 heteroatoms. The summed E-state index contributed by atoms with van der Waals surface area (Å²) < 4.78 is 6.32. The van der Waals surface area contributed by atoms with Gasteiger partial charge in [0, 0.05) is 11.5 Å². The summed E-state index contributed by atoms with van der Waals surface area (Å²) in [6.07, 6.45) is 4.04. The number of hydrogen-bond acceptors (Lipinski definition) is 2. The normalized spacial score (nSPS) is 10.8. The number of halogens is 1. The molecule has 0 fully saturated rings. The van der Waals surface area contributed by atoms with Gasteiger partial charge in [0.05, 0.1) is 11.1 Å². The van der Waals surface area contributed by atoms with Crippen molar-refractivity contribution in [3.05, 3.63) is 28.2 Å². The van der Waals surface area contributed by atoms with Crippen LogP contribution in [0.2, 0.25) is 0 Å². The number of hydrogen-bond donors (Lipinski definition) is 0. The van der Waals surface area contributed by atoms with Gasteiger partial charge in [0.25, 0.3) is 0 Å². The van der Waals surface area contributed by atoms with Crippen LogP contribution in [-0.2, 0) is 0 Å². The minimum Gasteiger partial charge on any atom is -0.493 e. The zero-order chi connectivity index (χ0) is 14.3. The Hall–Kier alpha value is -0.830. The lowest BCUT2D eigenvalue weighted by Gasteiger charge is -2.15. The number of ether oxygens (including phenoxy) is 1. The molecular weight excluding hydrogens is 304 g/mol. The van der Waals surface area contributed by atoms with Gasteiger partial charge in [-0.2, -0.15) is 0 Å². The average Bonchev–Trinajstić information content (AvgIpc) is 2.40. The third kappa shape index (κ3) is 4.64. The van der Waals surface area contributed by atoms with E-state index in [-0.39, 0.29) is 11.7 Å². The van der Waals surface area contributed by atoms with Gasteiger partial charge in [0.2, 0.25) is 0 Å². The fraction of sp³-hybridized carbons (Fsp3) is 0.562. The van der Waals surface area contributed by atoms with E-state index < -0.39 is 0 Å². The Morgan fingerprint density at radius 1 is 1.21 bits per heavy atom. The topological polar surface area (TPSA) is 26.3 Å². The average molecular weight is 327 g/mol. The lowest BCUT2D eigenvalue weighted by Crippen LogP contribution is -2.14. The first kappa shape index (κ1) is 16.2. The SMILES string of the molecule is CCCC(CCC)C(=O)c1ccc(OCC)c(Br)c1. The maximum atomic E-state index is 12.5. The van der Waals surface area contributed by atoms with Crippen molar-refractivity contribution in [2.75, 3.05) is 6.61 Å². The van der Waals surface area contributed by atoms with E-state index >= 15 is 0 Å². The predicted octanol–water partition coefficient (Wildman–Crippen LogP) is 5.25. The van der Waals surface area contributed by atoms with E-state index in [4.69, 9.17) is 4.74 Å². The largest absolute Gasteiger partial charge is 0.493 e. The molecule has 1 aromatic rings. The second kappa shape index (κ2) is 8.36. The summed E-state index contributed by atoms with van der Waals surface area (Å²) >= 11 is 3.47. The Morgan fingerprint density at radius 3 is 2.32 bits per heavy atom. The van der Waals surface area contributed by atoms with Crippen molar-refractivity contribution in [2.45, 2.75) is 46.5 Å². The van der Waals surface area contributed by atoms with Gasteiger partial charge in [0.1, 0.15) is 5.75 Å². The summed E-state index contributed by atoms with van der Waals surface area (Å²) in [5.74, 6) is 1.20. The molecule has 0 aliphatic carbocycles. The van der Waals surface area contributed by atoms with Crippen LogP contribution in [0.1, 0.15) is 56.8 Å². The molecule has 0 atom stereocenters. The minimum atomic E-state index is 0.153. The van der Waals surface area contributed by atoms with Crippen LogP contribution in [0, 0.1) is 5.92 Å². The molecule has 0 aliphatic heterocycles. The Balaban J connectivity index is 2.88. The summed E-state index contributed by atoms with van der Waals surface area (Å²) in [5, 5.41) is 0. The van der Waals surface area contributed by atoms with Crippen LogP contribution in [0.15, 0.2) is 22.7 Å². The van der Waals surface area contributed by atoms with E-state index in [0.717, 1.165) is 41.5 Å². The van der Waals surface area contributed by atoms with Gasteiger partial charge in [-0.3, -0.25) is 4.79 Å². The van der Waals surface area contributed by atoms with Crippen LogP contribution in [-0.4, -0.2) is 12.4 Å². The van der Waals surface area contributed by atoms with Crippen molar-refractivity contribution in [3.8, 4) is 5.75 Å². The smallest absolute Gasteiger partial charge is 0.165 e. The zero-order valence-corrected chi connectivity index (χ0v) is 13.6. The molecular formula is C16H23BrO2. The highest BCUT2D eigenvalue weighted by Crippen LogP contribution is 2.28. The van der Waals surface area contributed by atoms with Crippen molar-refractivity contribution in [1.82, 2.24) is 0 Å². The molecule has 0 spiro atoms. The summed E-state index contributed by atoms with van der Waals surface area (Å²) in [7, 11) is 0. The van der Waals surface area contributed by atoms with Gasteiger partial charge in [-0.05, 0) is 53.9 Å². The summed E-state index contributed by atoms with van der Waals surface area (Å²) in [5.41, 5.74) is 0.780. The second-order valence-electron chi connectivity index (χ2n) is 4.72. The molecule has 106 valence electrons. The van der Waals surface area contributed by atoms with Crippen molar-refractivity contribution in [2.24, 2.45) is 5.92 Å². The molecule has 19 heavy (non-hydrogen) atoms. The van der Waals surface area contributed by atoms with Crippen molar-refractivity contribution in [1.29, 1.82) is 0 Å². The Bertz CT molecular complexity index is 409. The number of rotatable bonds is 8. The van der Waals surface area contributed by atoms with E-state index in [9.17, 15) is 4.79 Å². The van der Waals surface area contributed by atoms with Crippen LogP contribution >= 0.6 is 15.9 Å². The standard InChI is InChI=1S/C16H23BrO2/c1-4-7-12(8-5-2)16(18)13-9-10-15(19-6-3)14(17)11-13/h9-12H,4-8H2,1-3H3. The Kier molecular flexibility index (Phi) is 7.14. The quantitative estimate of drug-likeness (QED) is 0.610. The van der Waals surface area contributed by atoms with E-state index in [0.29, 0.717) is 6.61 Å². The molecule has 0 unspecified atom stereocenters. The third-order valence-electron chi connectivity index (χ3n) is 3.16. The maximum absolute atomic E-state index is 12.5. The molecule has 0 N–H and O–H groups in total. The van der Waals surface area contributed by atoms with Crippen LogP contribution < -0.4 is 4.74 Å². The molecule has 2 nitrogen and oxygen atoms in total. The van der Waals surface area contributed by atoms with Gasteiger partial charge in [-0.1, -0.05) is 26.7 Å². The molecule has 0 aliphatic rings. The minimum absolute atomic E-state index is 0.153. The van der Waals surface area contributed by atoms with Crippen molar-refractivity contribution >= 4 is 21.7 Å². The molecule has 0 aromatic heterocycles. The van der Waals surface area contributed by atoms with Crippen molar-refractivity contribution < 1.29 is 9.53 Å². The molecule has 0 bridgehead atoms. The number of ketones is 1. The van der Waals surface area contributed by atoms with E-state index in [1.807, 2.05) is 25.1 Å². The monoisotopic (exact) mass is 326 g/mol. The number of carbonyl (C=O) groups is 1. The highest BCUT2D eigenvalue weighted by molar-refractivity contribution is 9.10. The first-order chi connectivity index (χ1) is 9.13. The summed E-state index contributed by atoms with van der Waals surface area (Å²) in [6.45, 7) is 6.83. The number of carbonyl (C=O) groups excluding carboxylic acids is 1. The third-order valence-corrected chi connectivity index (χ3v) is 3.78. The van der Waals surface area contributed by atoms with Crippen molar-refractivity contribution in [3.63, 3.8) is 0 Å².